The molecule has 3 nitrogen and oxygen atoms in total. The summed E-state index contributed by atoms with van der Waals surface area (Å²) in [4.78, 5) is 0. The summed E-state index contributed by atoms with van der Waals surface area (Å²) in [5, 5.41) is 7.32. The van der Waals surface area contributed by atoms with E-state index in [2.05, 4.69) is 10.5 Å². The zero-order valence-electron chi connectivity index (χ0n) is 6.63. The predicted octanol–water partition coefficient (Wildman–Crippen LogP) is 1.41. The van der Waals surface area contributed by atoms with Crippen LogP contribution in [0.25, 0.3) is 0 Å². The van der Waals surface area contributed by atoms with Crippen LogP contribution in [0.3, 0.4) is 0 Å². The molecule has 1 aromatic heterocycles. The molecule has 1 N–H and O–H groups in total. The Balaban J connectivity index is 2.15. The lowest BCUT2D eigenvalue weighted by molar-refractivity contribution is 0.382. The van der Waals surface area contributed by atoms with Crippen molar-refractivity contribution in [2.24, 2.45) is 0 Å². The summed E-state index contributed by atoms with van der Waals surface area (Å²) >= 11 is 0. The topological polar surface area (TPSA) is 38.1 Å². The van der Waals surface area contributed by atoms with Gasteiger partial charge in [-0.05, 0) is 26.3 Å². The Labute approximate surface area is 65.8 Å². The molecule has 0 aromatic carbocycles. The first-order valence-corrected chi connectivity index (χ1v) is 4.03. The van der Waals surface area contributed by atoms with Crippen molar-refractivity contribution in [1.29, 1.82) is 0 Å². The van der Waals surface area contributed by atoms with Gasteiger partial charge in [-0.2, -0.15) is 0 Å². The lowest BCUT2D eigenvalue weighted by Crippen LogP contribution is -2.12. The van der Waals surface area contributed by atoms with Crippen LogP contribution in [0, 0.1) is 6.92 Å². The van der Waals surface area contributed by atoms with Crippen LogP contribution >= 0.6 is 0 Å². The monoisotopic (exact) mass is 152 g/mol. The normalized spacial score (nSPS) is 24.3. The Morgan fingerprint density at radius 2 is 2.64 bits per heavy atom. The van der Waals surface area contributed by atoms with E-state index in [0.29, 0.717) is 6.04 Å². The van der Waals surface area contributed by atoms with Crippen LogP contribution < -0.4 is 5.32 Å². The molecule has 1 aromatic rings. The molecule has 11 heavy (non-hydrogen) atoms. The summed E-state index contributed by atoms with van der Waals surface area (Å²) in [6.07, 6.45) is 2.43. The van der Waals surface area contributed by atoms with Gasteiger partial charge in [0.15, 0.2) is 0 Å². The first-order valence-electron chi connectivity index (χ1n) is 4.03. The molecule has 1 aliphatic rings. The molecule has 0 spiro atoms. The van der Waals surface area contributed by atoms with E-state index in [1.807, 2.05) is 13.0 Å². The van der Waals surface area contributed by atoms with Crippen molar-refractivity contribution >= 4 is 0 Å². The van der Waals surface area contributed by atoms with Gasteiger partial charge in [-0.15, -0.1) is 0 Å². The zero-order valence-corrected chi connectivity index (χ0v) is 6.63. The zero-order chi connectivity index (χ0) is 7.68. The average molecular weight is 152 g/mol. The van der Waals surface area contributed by atoms with Gasteiger partial charge in [0.1, 0.15) is 11.5 Å². The second kappa shape index (κ2) is 2.66. The molecular formula is C8H12N2O. The van der Waals surface area contributed by atoms with Crippen molar-refractivity contribution in [1.82, 2.24) is 10.5 Å². The number of nitrogens with one attached hydrogen (secondary N) is 1. The minimum Gasteiger partial charge on any atom is -0.361 e. The van der Waals surface area contributed by atoms with E-state index in [1.54, 1.807) is 0 Å². The summed E-state index contributed by atoms with van der Waals surface area (Å²) in [6, 6.07) is 2.44. The maximum Gasteiger partial charge on any atom is 0.133 e. The number of aryl methyl sites for hydroxylation is 1. The van der Waals surface area contributed by atoms with Crippen molar-refractivity contribution in [3.05, 3.63) is 17.5 Å². The Hall–Kier alpha value is -0.830. The highest BCUT2D eigenvalue weighted by Crippen LogP contribution is 2.21. The molecule has 2 heterocycles. The fourth-order valence-electron chi connectivity index (χ4n) is 1.49. The standard InChI is InChI=1S/C8H12N2O/c1-6-5-8(10-11-6)7-3-2-4-9-7/h5,7,9H,2-4H2,1H3/t7-/m0/s1. The van der Waals surface area contributed by atoms with Gasteiger partial charge in [-0.25, -0.2) is 0 Å². The molecule has 1 atom stereocenters. The number of hydrogen-bond donors (Lipinski definition) is 1. The molecule has 0 amide bonds. The summed E-state index contributed by atoms with van der Waals surface area (Å²) in [6.45, 7) is 3.03. The van der Waals surface area contributed by atoms with Crippen molar-refractivity contribution in [3.63, 3.8) is 0 Å². The van der Waals surface area contributed by atoms with E-state index < -0.39 is 0 Å². The van der Waals surface area contributed by atoms with Gasteiger partial charge < -0.3 is 9.84 Å². The van der Waals surface area contributed by atoms with Gasteiger partial charge >= 0.3 is 0 Å². The molecular weight excluding hydrogens is 140 g/mol. The summed E-state index contributed by atoms with van der Waals surface area (Å²) < 4.78 is 4.99. The van der Waals surface area contributed by atoms with E-state index in [4.69, 9.17) is 4.52 Å². The lowest BCUT2D eigenvalue weighted by atomic mass is 10.1. The molecule has 0 saturated carbocycles. The van der Waals surface area contributed by atoms with Crippen molar-refractivity contribution < 1.29 is 4.52 Å². The first kappa shape index (κ1) is 6.85. The van der Waals surface area contributed by atoms with Crippen molar-refractivity contribution in [3.8, 4) is 0 Å². The third-order valence-electron chi connectivity index (χ3n) is 2.06. The minimum absolute atomic E-state index is 0.437. The second-order valence-corrected chi connectivity index (χ2v) is 3.01. The molecule has 0 radical (unpaired) electrons. The van der Waals surface area contributed by atoms with E-state index in [-0.39, 0.29) is 0 Å². The maximum atomic E-state index is 4.99. The van der Waals surface area contributed by atoms with Gasteiger partial charge in [0.2, 0.25) is 0 Å². The fraction of sp³-hybridized carbons (Fsp3) is 0.625. The Bertz CT molecular complexity index is 238. The lowest BCUT2D eigenvalue weighted by Gasteiger charge is -2.02. The molecule has 0 bridgehead atoms. The van der Waals surface area contributed by atoms with Crippen LogP contribution in [-0.4, -0.2) is 11.7 Å². The third kappa shape index (κ3) is 1.28. The maximum absolute atomic E-state index is 4.99. The Morgan fingerprint density at radius 1 is 1.73 bits per heavy atom. The average Bonchev–Trinajstić information content (AvgIpc) is 2.55. The van der Waals surface area contributed by atoms with E-state index in [9.17, 15) is 0 Å². The van der Waals surface area contributed by atoms with Crippen LogP contribution in [0.4, 0.5) is 0 Å². The van der Waals surface area contributed by atoms with Gasteiger partial charge in [0.05, 0.1) is 6.04 Å². The fourth-order valence-corrected chi connectivity index (χ4v) is 1.49. The van der Waals surface area contributed by atoms with Crippen LogP contribution in [0.5, 0.6) is 0 Å². The minimum atomic E-state index is 0.437. The summed E-state index contributed by atoms with van der Waals surface area (Å²) in [5.41, 5.74) is 1.06. The molecule has 3 heteroatoms. The first-order chi connectivity index (χ1) is 5.36. The van der Waals surface area contributed by atoms with Gasteiger partial charge in [0, 0.05) is 6.07 Å². The Kier molecular flexibility index (Phi) is 1.66. The molecule has 1 saturated heterocycles. The third-order valence-corrected chi connectivity index (χ3v) is 2.06. The molecule has 0 unspecified atom stereocenters. The molecule has 1 aliphatic heterocycles. The number of rotatable bonds is 1. The van der Waals surface area contributed by atoms with Crippen LogP contribution in [0.1, 0.15) is 30.3 Å². The van der Waals surface area contributed by atoms with Crippen molar-refractivity contribution in [2.75, 3.05) is 6.54 Å². The highest BCUT2D eigenvalue weighted by atomic mass is 16.5. The van der Waals surface area contributed by atoms with E-state index in [0.717, 1.165) is 18.0 Å². The van der Waals surface area contributed by atoms with Gasteiger partial charge in [0.25, 0.3) is 0 Å². The number of aromatic nitrogens is 1. The number of nitrogens with zero attached hydrogens (tertiary/aromatic N) is 1. The summed E-state index contributed by atoms with van der Waals surface area (Å²) in [5.74, 6) is 0.897. The van der Waals surface area contributed by atoms with Crippen LogP contribution in [0.15, 0.2) is 10.6 Å². The smallest absolute Gasteiger partial charge is 0.133 e. The van der Waals surface area contributed by atoms with Gasteiger partial charge in [-0.1, -0.05) is 5.16 Å². The molecule has 60 valence electrons. The van der Waals surface area contributed by atoms with E-state index >= 15 is 0 Å². The Morgan fingerprint density at radius 3 is 3.18 bits per heavy atom. The SMILES string of the molecule is Cc1cc([C@@H]2CCCN2)no1. The van der Waals surface area contributed by atoms with Crippen LogP contribution in [-0.2, 0) is 0 Å². The summed E-state index contributed by atoms with van der Waals surface area (Å²) in [7, 11) is 0. The second-order valence-electron chi connectivity index (χ2n) is 3.01. The highest BCUT2D eigenvalue weighted by molar-refractivity contribution is 5.09. The molecule has 1 fully saturated rings. The quantitative estimate of drug-likeness (QED) is 0.661. The van der Waals surface area contributed by atoms with E-state index in [1.165, 1.54) is 12.8 Å². The van der Waals surface area contributed by atoms with Crippen LogP contribution in [0.2, 0.25) is 0 Å². The largest absolute Gasteiger partial charge is 0.361 e. The molecule has 0 aliphatic carbocycles. The van der Waals surface area contributed by atoms with Crippen molar-refractivity contribution in [2.45, 2.75) is 25.8 Å². The molecule has 2 rings (SSSR count). The van der Waals surface area contributed by atoms with Gasteiger partial charge in [-0.3, -0.25) is 0 Å². The predicted molar refractivity (Wildman–Crippen MR) is 41.2 cm³/mol. The highest BCUT2D eigenvalue weighted by Gasteiger charge is 2.18. The number of hydrogen-bond acceptors (Lipinski definition) is 3.